The van der Waals surface area contributed by atoms with Gasteiger partial charge in [-0.3, -0.25) is 9.72 Å². The zero-order valence-corrected chi connectivity index (χ0v) is 16.2. The van der Waals surface area contributed by atoms with E-state index in [4.69, 9.17) is 9.47 Å². The molecule has 144 valence electrons. The van der Waals surface area contributed by atoms with Crippen molar-refractivity contribution >= 4 is 38.3 Å². The molecule has 27 heavy (non-hydrogen) atoms. The number of aryl methyl sites for hydroxylation is 1. The van der Waals surface area contributed by atoms with Crippen LogP contribution in [0.15, 0.2) is 22.7 Å². The summed E-state index contributed by atoms with van der Waals surface area (Å²) in [5.41, 5.74) is 0.362. The third-order valence-electron chi connectivity index (χ3n) is 3.42. The molecule has 0 aliphatic carbocycles. The number of aromatic nitrogens is 4. The normalized spacial score (nSPS) is 11.4. The van der Waals surface area contributed by atoms with Gasteiger partial charge in [-0.15, -0.1) is 11.3 Å². The van der Waals surface area contributed by atoms with E-state index in [0.29, 0.717) is 17.1 Å². The second-order valence-electron chi connectivity index (χ2n) is 5.11. The molecule has 0 saturated heterocycles. The first kappa shape index (κ1) is 18.8. The number of anilines is 1. The highest BCUT2D eigenvalue weighted by atomic mass is 32.2. The van der Waals surface area contributed by atoms with Crippen LogP contribution in [0.3, 0.4) is 0 Å². The summed E-state index contributed by atoms with van der Waals surface area (Å²) in [5, 5.41) is 3.87. The summed E-state index contributed by atoms with van der Waals surface area (Å²) in [4.78, 5) is 24.8. The molecule has 0 aromatic carbocycles. The molecule has 2 amide bonds. The number of amides is 2. The van der Waals surface area contributed by atoms with Crippen LogP contribution in [0, 0.1) is 0 Å². The van der Waals surface area contributed by atoms with Crippen LogP contribution in [0.4, 0.5) is 10.7 Å². The van der Waals surface area contributed by atoms with Gasteiger partial charge in [-0.2, -0.15) is 18.4 Å². The molecule has 0 bridgehead atoms. The largest absolute Gasteiger partial charge is 0.481 e. The quantitative estimate of drug-likeness (QED) is 0.618. The Morgan fingerprint density at radius 1 is 1.22 bits per heavy atom. The van der Waals surface area contributed by atoms with Gasteiger partial charge in [-0.25, -0.2) is 14.5 Å². The molecule has 3 heterocycles. The number of methoxy groups -OCH3 is 2. The molecule has 0 spiro atoms. The van der Waals surface area contributed by atoms with Gasteiger partial charge in [0.1, 0.15) is 0 Å². The van der Waals surface area contributed by atoms with E-state index >= 15 is 0 Å². The van der Waals surface area contributed by atoms with Crippen molar-refractivity contribution < 1.29 is 22.7 Å². The number of imidazole rings is 1. The van der Waals surface area contributed by atoms with Crippen LogP contribution in [0.1, 0.15) is 12.6 Å². The monoisotopic (exact) mass is 412 g/mol. The van der Waals surface area contributed by atoms with E-state index in [-0.39, 0.29) is 22.7 Å². The lowest BCUT2D eigenvalue weighted by Crippen LogP contribution is -2.35. The number of thiazole rings is 1. The fourth-order valence-electron chi connectivity index (χ4n) is 2.29. The third kappa shape index (κ3) is 3.78. The highest BCUT2D eigenvalue weighted by Gasteiger charge is 2.27. The first-order chi connectivity index (χ1) is 12.9. The van der Waals surface area contributed by atoms with E-state index in [0.717, 1.165) is 0 Å². The van der Waals surface area contributed by atoms with Gasteiger partial charge in [0.15, 0.2) is 9.99 Å². The Morgan fingerprint density at radius 3 is 2.48 bits per heavy atom. The van der Waals surface area contributed by atoms with Crippen molar-refractivity contribution in [2.75, 3.05) is 19.5 Å². The zero-order chi connectivity index (χ0) is 19.6. The fourth-order valence-corrected chi connectivity index (χ4v) is 4.38. The summed E-state index contributed by atoms with van der Waals surface area (Å²) in [5.74, 6) is 0.108. The van der Waals surface area contributed by atoms with Gasteiger partial charge in [-0.1, -0.05) is 6.92 Å². The van der Waals surface area contributed by atoms with Crippen molar-refractivity contribution in [2.45, 2.75) is 18.4 Å². The Bertz CT molecular complexity index is 1070. The number of carbonyl (C=O) groups is 1. The topological polar surface area (TPSA) is 137 Å². The molecule has 0 fully saturated rings. The molecule has 3 rings (SSSR count). The second-order valence-corrected chi connectivity index (χ2v) is 7.58. The maximum Gasteiger partial charge on any atom is 0.335 e. The summed E-state index contributed by atoms with van der Waals surface area (Å²) in [7, 11) is -1.41. The lowest BCUT2D eigenvalue weighted by molar-refractivity contribution is 0.256. The molecule has 0 radical (unpaired) electrons. The van der Waals surface area contributed by atoms with Crippen molar-refractivity contribution in [1.82, 2.24) is 24.1 Å². The molecule has 3 aromatic rings. The highest BCUT2D eigenvalue weighted by molar-refractivity contribution is 7.90. The maximum absolute atomic E-state index is 12.7. The zero-order valence-electron chi connectivity index (χ0n) is 14.6. The van der Waals surface area contributed by atoms with E-state index < -0.39 is 16.1 Å². The molecule has 0 unspecified atom stereocenters. The molecule has 3 aromatic heterocycles. The van der Waals surface area contributed by atoms with Crippen molar-refractivity contribution in [3.8, 4) is 11.8 Å². The number of rotatable bonds is 6. The van der Waals surface area contributed by atoms with Crippen molar-refractivity contribution in [1.29, 1.82) is 0 Å². The van der Waals surface area contributed by atoms with E-state index in [1.807, 2.05) is 4.72 Å². The van der Waals surface area contributed by atoms with Crippen molar-refractivity contribution in [2.24, 2.45) is 0 Å². The van der Waals surface area contributed by atoms with E-state index in [1.54, 1.807) is 18.5 Å². The summed E-state index contributed by atoms with van der Waals surface area (Å²) in [6, 6.07) is 0.380. The smallest absolute Gasteiger partial charge is 0.335 e. The van der Waals surface area contributed by atoms with E-state index in [2.05, 4.69) is 20.3 Å². The van der Waals surface area contributed by atoms with Gasteiger partial charge < -0.3 is 9.47 Å². The van der Waals surface area contributed by atoms with Gasteiger partial charge in [0.2, 0.25) is 17.7 Å². The minimum absolute atomic E-state index is 0.0828. The Balaban J connectivity index is 1.85. The molecule has 11 nitrogen and oxygen atoms in total. The minimum Gasteiger partial charge on any atom is -0.481 e. The number of carbonyl (C=O) groups excluding carboxylic acids is 1. The lowest BCUT2D eigenvalue weighted by Gasteiger charge is -2.09. The minimum atomic E-state index is -4.18. The molecular weight excluding hydrogens is 396 g/mol. The van der Waals surface area contributed by atoms with Crippen LogP contribution in [-0.2, 0) is 16.4 Å². The number of ether oxygens (including phenoxy) is 2. The molecule has 0 aliphatic rings. The molecular formula is C14H16N6O5S2. The standard InChI is InChI=1S/C14H16N6O5S2/c1-4-8-11(20-5-6-26-14(20)15-8)27(22,23)19-13(21)18-12-16-9(24-2)7-10(17-12)25-3/h5-7H,4H2,1-3H3,(H2,16,17,18,19,21). The van der Waals surface area contributed by atoms with E-state index in [9.17, 15) is 13.2 Å². The number of nitrogens with zero attached hydrogens (tertiary/aromatic N) is 4. The van der Waals surface area contributed by atoms with Crippen LogP contribution >= 0.6 is 11.3 Å². The van der Waals surface area contributed by atoms with Gasteiger partial charge >= 0.3 is 6.03 Å². The Kier molecular flexibility index (Phi) is 5.14. The van der Waals surface area contributed by atoms with Crippen molar-refractivity contribution in [3.05, 3.63) is 23.3 Å². The third-order valence-corrected chi connectivity index (χ3v) is 5.58. The molecule has 2 N–H and O–H groups in total. The van der Waals surface area contributed by atoms with Gasteiger partial charge in [0, 0.05) is 11.6 Å². The molecule has 0 atom stereocenters. The SMILES string of the molecule is CCc1nc2sccn2c1S(=O)(=O)NC(=O)Nc1nc(OC)cc(OC)n1. The predicted molar refractivity (Wildman–Crippen MR) is 96.9 cm³/mol. The van der Waals surface area contributed by atoms with Crippen LogP contribution < -0.4 is 19.5 Å². The number of nitrogens with one attached hydrogen (secondary N) is 2. The number of hydrogen-bond acceptors (Lipinski definition) is 9. The average molecular weight is 412 g/mol. The first-order valence-electron chi connectivity index (χ1n) is 7.63. The van der Waals surface area contributed by atoms with Crippen LogP contribution in [0.2, 0.25) is 0 Å². The van der Waals surface area contributed by atoms with Gasteiger partial charge in [0.05, 0.1) is 26.0 Å². The summed E-state index contributed by atoms with van der Waals surface area (Å²) < 4.78 is 38.7. The van der Waals surface area contributed by atoms with E-state index in [1.165, 1.54) is 36.0 Å². The van der Waals surface area contributed by atoms with Gasteiger partial charge in [-0.05, 0) is 6.42 Å². The molecule has 0 aliphatic heterocycles. The maximum atomic E-state index is 12.7. The Labute approximate surface area is 158 Å². The molecule has 13 heteroatoms. The summed E-state index contributed by atoms with van der Waals surface area (Å²) in [6.45, 7) is 1.78. The van der Waals surface area contributed by atoms with Crippen LogP contribution in [0.25, 0.3) is 4.96 Å². The number of urea groups is 1. The molecule has 0 saturated carbocycles. The highest BCUT2D eigenvalue weighted by Crippen LogP contribution is 2.22. The number of hydrogen-bond donors (Lipinski definition) is 2. The van der Waals surface area contributed by atoms with Gasteiger partial charge in [0.25, 0.3) is 10.0 Å². The number of fused-ring (bicyclic) bond motifs is 1. The Morgan fingerprint density at radius 2 is 1.89 bits per heavy atom. The van der Waals surface area contributed by atoms with Crippen molar-refractivity contribution in [3.63, 3.8) is 0 Å². The second kappa shape index (κ2) is 7.36. The predicted octanol–water partition coefficient (Wildman–Crippen LogP) is 1.28. The van der Waals surface area contributed by atoms with Crippen LogP contribution in [-0.4, -0.2) is 48.0 Å². The summed E-state index contributed by atoms with van der Waals surface area (Å²) >= 11 is 1.29. The fraction of sp³-hybridized carbons (Fsp3) is 0.286. The Hall–Kier alpha value is -2.93. The average Bonchev–Trinajstić information content (AvgIpc) is 3.20. The number of sulfonamides is 1. The van der Waals surface area contributed by atoms with Crippen LogP contribution in [0.5, 0.6) is 11.8 Å². The summed E-state index contributed by atoms with van der Waals surface area (Å²) in [6.07, 6.45) is 1.97. The first-order valence-corrected chi connectivity index (χ1v) is 9.99. The lowest BCUT2D eigenvalue weighted by atomic mass is 10.4.